The van der Waals surface area contributed by atoms with Crippen LogP contribution in [0.3, 0.4) is 0 Å². The monoisotopic (exact) mass is 219 g/mol. The Hall–Kier alpha value is -1.39. The number of rotatable bonds is 4. The maximum Gasteiger partial charge on any atom is 0.142 e. The smallest absolute Gasteiger partial charge is 0.142 e. The summed E-state index contributed by atoms with van der Waals surface area (Å²) in [5, 5.41) is 7.38. The van der Waals surface area contributed by atoms with E-state index in [0.717, 1.165) is 24.4 Å². The van der Waals surface area contributed by atoms with Crippen molar-refractivity contribution in [2.24, 2.45) is 16.8 Å². The first kappa shape index (κ1) is 11.1. The lowest BCUT2D eigenvalue weighted by Gasteiger charge is -2.06. The first-order chi connectivity index (χ1) is 7.90. The standard InChI is InChI=1S/C12H17N3O/c13-6-11-7-14-8-12(11)15-16-9-10-4-2-1-3-5-10/h1-5,11,14H,6-9,13H2. The number of nitrogens with two attached hydrogens (primary N) is 1. The fraction of sp³-hybridized carbons (Fsp3) is 0.417. The number of hydrogen-bond donors (Lipinski definition) is 2. The Morgan fingerprint density at radius 3 is 2.94 bits per heavy atom. The third kappa shape index (κ3) is 2.81. The van der Waals surface area contributed by atoms with Crippen LogP contribution in [0.2, 0.25) is 0 Å². The van der Waals surface area contributed by atoms with Crippen LogP contribution in [-0.2, 0) is 11.4 Å². The molecular formula is C12H17N3O. The number of benzene rings is 1. The van der Waals surface area contributed by atoms with Crippen molar-refractivity contribution in [1.29, 1.82) is 0 Å². The van der Waals surface area contributed by atoms with E-state index in [-0.39, 0.29) is 0 Å². The maximum absolute atomic E-state index is 5.63. The summed E-state index contributed by atoms with van der Waals surface area (Å²) in [6.45, 7) is 2.84. The molecule has 2 rings (SSSR count). The van der Waals surface area contributed by atoms with Gasteiger partial charge in [0.1, 0.15) is 6.61 Å². The highest BCUT2D eigenvalue weighted by Gasteiger charge is 2.21. The van der Waals surface area contributed by atoms with E-state index in [1.807, 2.05) is 30.3 Å². The van der Waals surface area contributed by atoms with Gasteiger partial charge in [-0.15, -0.1) is 0 Å². The molecule has 1 heterocycles. The van der Waals surface area contributed by atoms with Gasteiger partial charge >= 0.3 is 0 Å². The molecule has 0 aromatic heterocycles. The van der Waals surface area contributed by atoms with Crippen LogP contribution in [0.5, 0.6) is 0 Å². The second-order valence-electron chi connectivity index (χ2n) is 3.91. The SMILES string of the molecule is NCC1CNCC1=NOCc1ccccc1. The molecule has 1 fully saturated rings. The predicted molar refractivity (Wildman–Crippen MR) is 64.1 cm³/mol. The van der Waals surface area contributed by atoms with Gasteiger partial charge in [-0.2, -0.15) is 0 Å². The lowest BCUT2D eigenvalue weighted by molar-refractivity contribution is 0.129. The molecule has 4 heteroatoms. The average molecular weight is 219 g/mol. The van der Waals surface area contributed by atoms with Gasteiger partial charge in [0.2, 0.25) is 0 Å². The summed E-state index contributed by atoms with van der Waals surface area (Å²) in [5.74, 6) is 0.329. The molecule has 86 valence electrons. The molecule has 1 saturated heterocycles. The quantitative estimate of drug-likeness (QED) is 0.734. The van der Waals surface area contributed by atoms with E-state index >= 15 is 0 Å². The molecule has 0 bridgehead atoms. The molecule has 1 atom stereocenters. The normalized spacial score (nSPS) is 22.6. The molecule has 4 nitrogen and oxygen atoms in total. The Kier molecular flexibility index (Phi) is 3.91. The predicted octanol–water partition coefficient (Wildman–Crippen LogP) is 0.737. The first-order valence-electron chi connectivity index (χ1n) is 5.53. The van der Waals surface area contributed by atoms with Crippen LogP contribution in [-0.4, -0.2) is 25.3 Å². The van der Waals surface area contributed by atoms with Crippen LogP contribution in [0.4, 0.5) is 0 Å². The van der Waals surface area contributed by atoms with Gasteiger partial charge in [0.25, 0.3) is 0 Å². The lowest BCUT2D eigenvalue weighted by Crippen LogP contribution is -2.22. The van der Waals surface area contributed by atoms with Crippen molar-refractivity contribution in [2.45, 2.75) is 6.61 Å². The van der Waals surface area contributed by atoms with Crippen molar-refractivity contribution in [3.63, 3.8) is 0 Å². The number of oxime groups is 1. The Labute approximate surface area is 95.5 Å². The molecule has 0 aliphatic carbocycles. The average Bonchev–Trinajstić information content (AvgIpc) is 2.78. The van der Waals surface area contributed by atoms with Gasteiger partial charge in [0, 0.05) is 25.6 Å². The summed E-state index contributed by atoms with van der Waals surface area (Å²) < 4.78 is 0. The van der Waals surface area contributed by atoms with Gasteiger partial charge in [-0.3, -0.25) is 0 Å². The van der Waals surface area contributed by atoms with E-state index in [9.17, 15) is 0 Å². The van der Waals surface area contributed by atoms with Crippen molar-refractivity contribution >= 4 is 5.71 Å². The molecule has 3 N–H and O–H groups in total. The number of nitrogens with zero attached hydrogens (tertiary/aromatic N) is 1. The van der Waals surface area contributed by atoms with E-state index in [1.165, 1.54) is 0 Å². The summed E-state index contributed by atoms with van der Waals surface area (Å²) in [6.07, 6.45) is 0. The molecule has 1 aliphatic rings. The zero-order valence-electron chi connectivity index (χ0n) is 9.23. The second-order valence-corrected chi connectivity index (χ2v) is 3.91. The van der Waals surface area contributed by atoms with Crippen LogP contribution >= 0.6 is 0 Å². The summed E-state index contributed by atoms with van der Waals surface area (Å²) in [4.78, 5) is 5.33. The molecule has 0 saturated carbocycles. The van der Waals surface area contributed by atoms with Crippen molar-refractivity contribution < 1.29 is 4.84 Å². The first-order valence-corrected chi connectivity index (χ1v) is 5.53. The van der Waals surface area contributed by atoms with Crippen molar-refractivity contribution in [3.05, 3.63) is 35.9 Å². The molecule has 0 amide bonds. The van der Waals surface area contributed by atoms with Gasteiger partial charge in [-0.05, 0) is 5.56 Å². The molecule has 16 heavy (non-hydrogen) atoms. The molecule has 1 aromatic carbocycles. The molecule has 1 unspecified atom stereocenters. The van der Waals surface area contributed by atoms with Gasteiger partial charge in [0.15, 0.2) is 0 Å². The summed E-state index contributed by atoms with van der Waals surface area (Å²) in [7, 11) is 0. The van der Waals surface area contributed by atoms with Crippen LogP contribution in [0.15, 0.2) is 35.5 Å². The minimum Gasteiger partial charge on any atom is -0.391 e. The molecule has 1 aliphatic heterocycles. The van der Waals surface area contributed by atoms with E-state index in [1.54, 1.807) is 0 Å². The van der Waals surface area contributed by atoms with Gasteiger partial charge in [-0.25, -0.2) is 0 Å². The van der Waals surface area contributed by atoms with Gasteiger partial charge in [0.05, 0.1) is 5.71 Å². The zero-order valence-corrected chi connectivity index (χ0v) is 9.23. The minimum absolute atomic E-state index is 0.329. The summed E-state index contributed by atoms with van der Waals surface area (Å²) in [5.41, 5.74) is 7.78. The third-order valence-electron chi connectivity index (χ3n) is 2.71. The fourth-order valence-corrected chi connectivity index (χ4v) is 1.73. The highest BCUT2D eigenvalue weighted by molar-refractivity contribution is 5.90. The Morgan fingerprint density at radius 2 is 2.19 bits per heavy atom. The van der Waals surface area contributed by atoms with Crippen LogP contribution < -0.4 is 11.1 Å². The topological polar surface area (TPSA) is 59.6 Å². The van der Waals surface area contributed by atoms with Crippen LogP contribution in [0.25, 0.3) is 0 Å². The summed E-state index contributed by atoms with van der Waals surface area (Å²) >= 11 is 0. The molecular weight excluding hydrogens is 202 g/mol. The summed E-state index contributed by atoms with van der Waals surface area (Å²) in [6, 6.07) is 10.0. The number of nitrogens with one attached hydrogen (secondary N) is 1. The van der Waals surface area contributed by atoms with E-state index in [0.29, 0.717) is 19.1 Å². The zero-order chi connectivity index (χ0) is 11.2. The molecule has 0 spiro atoms. The lowest BCUT2D eigenvalue weighted by atomic mass is 10.1. The maximum atomic E-state index is 5.63. The number of hydrogen-bond acceptors (Lipinski definition) is 4. The van der Waals surface area contributed by atoms with E-state index in [2.05, 4.69) is 10.5 Å². The highest BCUT2D eigenvalue weighted by Crippen LogP contribution is 2.06. The Bertz CT molecular complexity index is 351. The van der Waals surface area contributed by atoms with Crippen molar-refractivity contribution in [1.82, 2.24) is 5.32 Å². The van der Waals surface area contributed by atoms with Gasteiger partial charge < -0.3 is 15.9 Å². The van der Waals surface area contributed by atoms with Crippen LogP contribution in [0.1, 0.15) is 5.56 Å². The largest absolute Gasteiger partial charge is 0.391 e. The van der Waals surface area contributed by atoms with Crippen molar-refractivity contribution in [3.8, 4) is 0 Å². The third-order valence-corrected chi connectivity index (χ3v) is 2.71. The van der Waals surface area contributed by atoms with Crippen molar-refractivity contribution in [2.75, 3.05) is 19.6 Å². The van der Waals surface area contributed by atoms with E-state index in [4.69, 9.17) is 10.6 Å². The minimum atomic E-state index is 0.329. The highest BCUT2D eigenvalue weighted by atomic mass is 16.6. The van der Waals surface area contributed by atoms with Crippen LogP contribution in [0, 0.1) is 5.92 Å². The van der Waals surface area contributed by atoms with Gasteiger partial charge in [-0.1, -0.05) is 35.5 Å². The fourth-order valence-electron chi connectivity index (χ4n) is 1.73. The Balaban J connectivity index is 1.85. The molecule has 1 aromatic rings. The molecule has 0 radical (unpaired) electrons. The Morgan fingerprint density at radius 1 is 1.38 bits per heavy atom. The van der Waals surface area contributed by atoms with E-state index < -0.39 is 0 Å². The second kappa shape index (κ2) is 5.63.